The van der Waals surface area contributed by atoms with Crippen molar-refractivity contribution in [3.05, 3.63) is 64.9 Å². The number of ether oxygens (including phenoxy) is 2. The number of para-hydroxylation sites is 1. The molecule has 1 heterocycles. The number of alkyl halides is 3. The number of benzene rings is 2. The fourth-order valence-electron chi connectivity index (χ4n) is 4.56. The Kier molecular flexibility index (Phi) is 5.71. The van der Waals surface area contributed by atoms with Crippen LogP contribution in [0.4, 0.5) is 18.9 Å². The molecule has 1 aliphatic carbocycles. The number of amides is 1. The van der Waals surface area contributed by atoms with Gasteiger partial charge in [-0.05, 0) is 43.2 Å². The maximum atomic E-state index is 13.7. The van der Waals surface area contributed by atoms with Crippen LogP contribution < -0.4 is 14.4 Å². The smallest absolute Gasteiger partial charge is 0.418 e. The molecule has 0 spiro atoms. The number of carbonyl (C=O) groups excluding carboxylic acids is 2. The lowest BCUT2D eigenvalue weighted by atomic mass is 9.76. The van der Waals surface area contributed by atoms with Crippen molar-refractivity contribution in [1.82, 2.24) is 0 Å². The van der Waals surface area contributed by atoms with E-state index < -0.39 is 23.6 Å². The van der Waals surface area contributed by atoms with E-state index in [-0.39, 0.29) is 24.3 Å². The molecule has 1 amide bonds. The second-order valence-electron chi connectivity index (χ2n) is 7.75. The third kappa shape index (κ3) is 3.74. The number of halogens is 3. The van der Waals surface area contributed by atoms with E-state index in [4.69, 9.17) is 9.47 Å². The Morgan fingerprint density at radius 2 is 1.75 bits per heavy atom. The minimum atomic E-state index is -4.64. The molecular formula is C24H22F3NO4. The van der Waals surface area contributed by atoms with Crippen LogP contribution in [0.5, 0.6) is 11.5 Å². The fourth-order valence-corrected chi connectivity index (χ4v) is 4.56. The standard InChI is InChI=1S/C24H22F3NO4/c1-31-14-10-11-21(32-2)15(12-14)16-13-22(30)28(19-8-5-9-20(29)23(16)19)18-7-4-3-6-17(18)24(25,26)27/h3-4,6-7,10-12,16H,5,8-9,13H2,1-2H3/t16-/m0/s1. The Hall–Kier alpha value is -3.29. The summed E-state index contributed by atoms with van der Waals surface area (Å²) in [5.74, 6) is -0.265. The second-order valence-corrected chi connectivity index (χ2v) is 7.75. The molecule has 0 saturated heterocycles. The number of ketones is 1. The minimum Gasteiger partial charge on any atom is -0.497 e. The largest absolute Gasteiger partial charge is 0.497 e. The summed E-state index contributed by atoms with van der Waals surface area (Å²) in [6.45, 7) is 0. The minimum absolute atomic E-state index is 0.152. The molecule has 2 aliphatic rings. The molecule has 0 aromatic heterocycles. The van der Waals surface area contributed by atoms with Crippen molar-refractivity contribution < 1.29 is 32.2 Å². The summed E-state index contributed by atoms with van der Waals surface area (Å²) in [6.07, 6.45) is -3.70. The van der Waals surface area contributed by atoms with Crippen LogP contribution in [0.1, 0.15) is 42.7 Å². The van der Waals surface area contributed by atoms with Crippen LogP contribution in [-0.4, -0.2) is 25.9 Å². The zero-order chi connectivity index (χ0) is 23.0. The molecule has 168 valence electrons. The number of allylic oxidation sites excluding steroid dienone is 2. The van der Waals surface area contributed by atoms with Gasteiger partial charge in [-0.3, -0.25) is 14.5 Å². The molecule has 32 heavy (non-hydrogen) atoms. The van der Waals surface area contributed by atoms with Gasteiger partial charge in [0.1, 0.15) is 11.5 Å². The topological polar surface area (TPSA) is 55.8 Å². The molecule has 8 heteroatoms. The quantitative estimate of drug-likeness (QED) is 0.645. The van der Waals surface area contributed by atoms with Crippen LogP contribution in [0.25, 0.3) is 0 Å². The number of rotatable bonds is 4. The van der Waals surface area contributed by atoms with Gasteiger partial charge in [-0.1, -0.05) is 12.1 Å². The Morgan fingerprint density at radius 3 is 2.44 bits per heavy atom. The van der Waals surface area contributed by atoms with Gasteiger partial charge in [0.2, 0.25) is 5.91 Å². The van der Waals surface area contributed by atoms with Gasteiger partial charge >= 0.3 is 6.18 Å². The van der Waals surface area contributed by atoms with E-state index in [0.717, 1.165) is 11.0 Å². The molecule has 4 rings (SSSR count). The first-order valence-electron chi connectivity index (χ1n) is 10.2. The lowest BCUT2D eigenvalue weighted by Crippen LogP contribution is -2.41. The SMILES string of the molecule is COc1ccc(OC)c([C@@H]2CC(=O)N(c3ccccc3C(F)(F)F)C3=C2C(=O)CCC3)c1. The Bertz CT molecular complexity index is 1110. The first kappa shape index (κ1) is 21.9. The van der Waals surface area contributed by atoms with Gasteiger partial charge in [-0.15, -0.1) is 0 Å². The molecule has 2 aromatic carbocycles. The summed E-state index contributed by atoms with van der Waals surface area (Å²) in [5.41, 5.74) is 0.161. The monoisotopic (exact) mass is 445 g/mol. The van der Waals surface area contributed by atoms with Crippen molar-refractivity contribution in [2.45, 2.75) is 37.8 Å². The first-order chi connectivity index (χ1) is 15.3. The predicted molar refractivity (Wildman–Crippen MR) is 112 cm³/mol. The molecule has 0 radical (unpaired) electrons. The molecule has 0 bridgehead atoms. The average Bonchev–Trinajstić information content (AvgIpc) is 2.77. The van der Waals surface area contributed by atoms with E-state index in [1.54, 1.807) is 18.2 Å². The number of nitrogens with zero attached hydrogens (tertiary/aromatic N) is 1. The number of hydrogen-bond donors (Lipinski definition) is 0. The zero-order valence-electron chi connectivity index (χ0n) is 17.7. The molecule has 2 aromatic rings. The van der Waals surface area contributed by atoms with Gasteiger partial charge in [0.05, 0.1) is 25.5 Å². The van der Waals surface area contributed by atoms with E-state index in [1.807, 2.05) is 0 Å². The average molecular weight is 445 g/mol. The lowest BCUT2D eigenvalue weighted by molar-refractivity contribution is -0.137. The molecule has 5 nitrogen and oxygen atoms in total. The van der Waals surface area contributed by atoms with Crippen LogP contribution in [0.15, 0.2) is 53.7 Å². The van der Waals surface area contributed by atoms with Crippen molar-refractivity contribution in [3.8, 4) is 11.5 Å². The van der Waals surface area contributed by atoms with Crippen LogP contribution in [0.3, 0.4) is 0 Å². The second kappa shape index (κ2) is 8.33. The lowest BCUT2D eigenvalue weighted by Gasteiger charge is -2.39. The third-order valence-electron chi connectivity index (χ3n) is 5.94. The molecule has 1 atom stereocenters. The van der Waals surface area contributed by atoms with E-state index in [2.05, 4.69) is 0 Å². The maximum absolute atomic E-state index is 13.7. The molecule has 0 fully saturated rings. The fraction of sp³-hybridized carbons (Fsp3) is 0.333. The van der Waals surface area contributed by atoms with Crippen molar-refractivity contribution in [2.75, 3.05) is 19.1 Å². The first-order valence-corrected chi connectivity index (χ1v) is 10.2. The van der Waals surface area contributed by atoms with Crippen molar-refractivity contribution >= 4 is 17.4 Å². The maximum Gasteiger partial charge on any atom is 0.418 e. The highest BCUT2D eigenvalue weighted by molar-refractivity contribution is 6.08. The van der Waals surface area contributed by atoms with Gasteiger partial charge in [-0.25, -0.2) is 0 Å². The highest BCUT2D eigenvalue weighted by Crippen LogP contribution is 2.48. The third-order valence-corrected chi connectivity index (χ3v) is 5.94. The van der Waals surface area contributed by atoms with Crippen molar-refractivity contribution in [1.29, 1.82) is 0 Å². The number of anilines is 1. The highest BCUT2D eigenvalue weighted by atomic mass is 19.4. The summed E-state index contributed by atoms with van der Waals surface area (Å²) in [4.78, 5) is 27.5. The Labute approximate surface area is 183 Å². The van der Waals surface area contributed by atoms with E-state index in [1.165, 1.54) is 32.4 Å². The molecule has 0 N–H and O–H groups in total. The van der Waals surface area contributed by atoms with Gasteiger partial charge in [0, 0.05) is 35.6 Å². The van der Waals surface area contributed by atoms with Crippen LogP contribution in [0, 0.1) is 0 Å². The normalized spacial score (nSPS) is 19.2. The highest BCUT2D eigenvalue weighted by Gasteiger charge is 2.43. The predicted octanol–water partition coefficient (Wildman–Crippen LogP) is 5.25. The van der Waals surface area contributed by atoms with Gasteiger partial charge < -0.3 is 9.47 Å². The van der Waals surface area contributed by atoms with Crippen LogP contribution >= 0.6 is 0 Å². The summed E-state index contributed by atoms with van der Waals surface area (Å²) in [6, 6.07) is 10.1. The number of Topliss-reactive ketones (excluding diaryl/α,β-unsaturated/α-hetero) is 1. The van der Waals surface area contributed by atoms with E-state index >= 15 is 0 Å². The molecule has 0 unspecified atom stereocenters. The Morgan fingerprint density at radius 1 is 1.00 bits per heavy atom. The van der Waals surface area contributed by atoms with E-state index in [0.29, 0.717) is 41.2 Å². The summed E-state index contributed by atoms with van der Waals surface area (Å²) >= 11 is 0. The number of carbonyl (C=O) groups is 2. The number of hydrogen-bond acceptors (Lipinski definition) is 4. The summed E-state index contributed by atoms with van der Waals surface area (Å²) in [5, 5.41) is 0. The van der Waals surface area contributed by atoms with Crippen molar-refractivity contribution in [3.63, 3.8) is 0 Å². The Balaban J connectivity index is 1.93. The number of methoxy groups -OCH3 is 2. The molecule has 1 aliphatic heterocycles. The summed E-state index contributed by atoms with van der Waals surface area (Å²) < 4.78 is 51.9. The van der Waals surface area contributed by atoms with Gasteiger partial charge in [0.25, 0.3) is 0 Å². The molecular weight excluding hydrogens is 423 g/mol. The summed E-state index contributed by atoms with van der Waals surface area (Å²) in [7, 11) is 2.99. The van der Waals surface area contributed by atoms with Gasteiger partial charge in [0.15, 0.2) is 5.78 Å². The van der Waals surface area contributed by atoms with Crippen molar-refractivity contribution in [2.24, 2.45) is 0 Å². The zero-order valence-corrected chi connectivity index (χ0v) is 17.7. The van der Waals surface area contributed by atoms with Gasteiger partial charge in [-0.2, -0.15) is 13.2 Å². The van der Waals surface area contributed by atoms with E-state index in [9.17, 15) is 22.8 Å². The van der Waals surface area contributed by atoms with Crippen LogP contribution in [0.2, 0.25) is 0 Å². The van der Waals surface area contributed by atoms with Crippen LogP contribution in [-0.2, 0) is 15.8 Å². The molecule has 0 saturated carbocycles.